The summed E-state index contributed by atoms with van der Waals surface area (Å²) in [4.78, 5) is 25.6. The van der Waals surface area contributed by atoms with E-state index in [4.69, 9.17) is 0 Å². The van der Waals surface area contributed by atoms with E-state index in [1.54, 1.807) is 0 Å². The Morgan fingerprint density at radius 1 is 1.40 bits per heavy atom. The monoisotopic (exact) mass is 277 g/mol. The van der Waals surface area contributed by atoms with Crippen LogP contribution in [0.15, 0.2) is 0 Å². The second kappa shape index (κ2) is 4.61. The number of carbonyl (C=O) groups excluding carboxylic acids is 1. The van der Waals surface area contributed by atoms with Crippen LogP contribution in [-0.2, 0) is 16.0 Å². The number of carboxylic acids is 1. The molecule has 0 spiro atoms. The van der Waals surface area contributed by atoms with Crippen LogP contribution in [0.2, 0.25) is 0 Å². The summed E-state index contributed by atoms with van der Waals surface area (Å²) in [5.74, 6) is -1.12. The Hall–Kier alpha value is -1.85. The lowest BCUT2D eigenvalue weighted by Gasteiger charge is -2.23. The quantitative estimate of drug-likeness (QED) is 0.864. The van der Waals surface area contributed by atoms with E-state index >= 15 is 0 Å². The summed E-state index contributed by atoms with van der Waals surface area (Å²) in [5.41, 5.74) is 2.70. The molecule has 3 atom stereocenters. The lowest BCUT2D eigenvalue weighted by molar-refractivity contribution is -0.143. The molecule has 2 bridgehead atoms. The van der Waals surface area contributed by atoms with Gasteiger partial charge in [-0.3, -0.25) is 14.7 Å². The first-order valence-corrected chi connectivity index (χ1v) is 7.03. The van der Waals surface area contributed by atoms with Gasteiger partial charge in [-0.25, -0.2) is 0 Å². The van der Waals surface area contributed by atoms with E-state index in [0.717, 1.165) is 29.8 Å². The number of aromatic amines is 1. The molecule has 0 radical (unpaired) electrons. The average Bonchev–Trinajstić information content (AvgIpc) is 3.06. The zero-order valence-corrected chi connectivity index (χ0v) is 11.7. The van der Waals surface area contributed by atoms with Crippen molar-refractivity contribution in [1.82, 2.24) is 15.1 Å². The van der Waals surface area contributed by atoms with Gasteiger partial charge in [-0.2, -0.15) is 5.10 Å². The fraction of sp³-hybridized carbons (Fsp3) is 0.643. The van der Waals surface area contributed by atoms with Crippen LogP contribution < -0.4 is 0 Å². The first kappa shape index (κ1) is 13.1. The molecule has 1 amide bonds. The maximum atomic E-state index is 12.5. The van der Waals surface area contributed by atoms with Crippen molar-refractivity contribution < 1.29 is 14.7 Å². The van der Waals surface area contributed by atoms with Crippen molar-refractivity contribution in [2.45, 2.75) is 51.6 Å². The Morgan fingerprint density at radius 3 is 2.70 bits per heavy atom. The lowest BCUT2D eigenvalue weighted by Crippen LogP contribution is -2.38. The molecule has 0 aliphatic carbocycles. The minimum Gasteiger partial charge on any atom is -0.481 e. The summed E-state index contributed by atoms with van der Waals surface area (Å²) in [5, 5.41) is 16.2. The van der Waals surface area contributed by atoms with Crippen molar-refractivity contribution in [3.8, 4) is 0 Å². The van der Waals surface area contributed by atoms with Crippen molar-refractivity contribution in [1.29, 1.82) is 0 Å². The number of aliphatic carboxylic acids is 1. The third-order valence-electron chi connectivity index (χ3n) is 4.75. The van der Waals surface area contributed by atoms with Crippen LogP contribution in [0.4, 0.5) is 0 Å². The predicted octanol–water partition coefficient (Wildman–Crippen LogP) is 1.03. The predicted molar refractivity (Wildman–Crippen MR) is 71.2 cm³/mol. The molecule has 1 aromatic heterocycles. The molecule has 2 saturated heterocycles. The standard InChI is InChI=1S/C14H19N3O3/c1-7-10(8(2)16-15-7)6-13(18)17-9-3-4-12(17)11(5-9)14(19)20/h9,11-12H,3-6H2,1-2H3,(H,15,16)(H,19,20). The normalized spacial score (nSPS) is 28.1. The number of carbonyl (C=O) groups is 2. The van der Waals surface area contributed by atoms with Gasteiger partial charge in [0.2, 0.25) is 5.91 Å². The smallest absolute Gasteiger partial charge is 0.308 e. The number of amides is 1. The molecule has 3 rings (SSSR count). The summed E-state index contributed by atoms with van der Waals surface area (Å²) in [6, 6.07) is -0.00127. The summed E-state index contributed by atoms with van der Waals surface area (Å²) in [6.45, 7) is 3.78. The van der Waals surface area contributed by atoms with Gasteiger partial charge in [0.1, 0.15) is 0 Å². The lowest BCUT2D eigenvalue weighted by atomic mass is 9.89. The Kier molecular flexibility index (Phi) is 3.03. The third-order valence-corrected chi connectivity index (χ3v) is 4.75. The maximum Gasteiger partial charge on any atom is 0.308 e. The SMILES string of the molecule is Cc1n[nH]c(C)c1CC(=O)N1C2CCC1C(C(=O)O)C2. The van der Waals surface area contributed by atoms with Gasteiger partial charge >= 0.3 is 5.97 Å². The first-order valence-electron chi connectivity index (χ1n) is 7.03. The van der Waals surface area contributed by atoms with E-state index in [9.17, 15) is 14.7 Å². The first-order chi connectivity index (χ1) is 9.49. The largest absolute Gasteiger partial charge is 0.481 e. The van der Waals surface area contributed by atoms with Gasteiger partial charge in [0.15, 0.2) is 0 Å². The minimum atomic E-state index is -0.773. The molecule has 0 saturated carbocycles. The van der Waals surface area contributed by atoms with Gasteiger partial charge in [0.05, 0.1) is 18.0 Å². The fourth-order valence-electron chi connectivity index (χ4n) is 3.72. The van der Waals surface area contributed by atoms with Crippen molar-refractivity contribution in [2.24, 2.45) is 5.92 Å². The Morgan fingerprint density at radius 2 is 2.15 bits per heavy atom. The van der Waals surface area contributed by atoms with Crippen LogP contribution in [-0.4, -0.2) is 44.2 Å². The highest BCUT2D eigenvalue weighted by molar-refractivity contribution is 5.82. The number of aryl methyl sites for hydroxylation is 2. The van der Waals surface area contributed by atoms with Gasteiger partial charge in [-0.1, -0.05) is 0 Å². The zero-order chi connectivity index (χ0) is 14.4. The van der Waals surface area contributed by atoms with Crippen LogP contribution in [0, 0.1) is 19.8 Å². The Labute approximate surface area is 117 Å². The highest BCUT2D eigenvalue weighted by atomic mass is 16.4. The molecule has 3 heterocycles. The van der Waals surface area contributed by atoms with E-state index in [1.165, 1.54) is 0 Å². The van der Waals surface area contributed by atoms with Crippen molar-refractivity contribution in [3.63, 3.8) is 0 Å². The van der Waals surface area contributed by atoms with E-state index in [0.29, 0.717) is 12.8 Å². The number of carboxylic acid groups (broad SMARTS) is 1. The molecule has 108 valence electrons. The van der Waals surface area contributed by atoms with Gasteiger partial charge < -0.3 is 10.0 Å². The molecule has 1 aromatic rings. The molecule has 6 nitrogen and oxygen atoms in total. The molecule has 3 unspecified atom stereocenters. The van der Waals surface area contributed by atoms with Crippen LogP contribution in [0.25, 0.3) is 0 Å². The highest BCUT2D eigenvalue weighted by Crippen LogP contribution is 2.42. The minimum absolute atomic E-state index is 0.0360. The van der Waals surface area contributed by atoms with Crippen LogP contribution in [0.5, 0.6) is 0 Å². The number of nitrogens with one attached hydrogen (secondary N) is 1. The molecule has 2 fully saturated rings. The van der Waals surface area contributed by atoms with E-state index in [1.807, 2.05) is 18.7 Å². The van der Waals surface area contributed by atoms with Gasteiger partial charge in [0, 0.05) is 23.3 Å². The Bertz CT molecular complexity index is 547. The third kappa shape index (κ3) is 1.90. The van der Waals surface area contributed by atoms with Gasteiger partial charge in [-0.15, -0.1) is 0 Å². The van der Waals surface area contributed by atoms with Crippen LogP contribution in [0.3, 0.4) is 0 Å². The molecule has 20 heavy (non-hydrogen) atoms. The van der Waals surface area contributed by atoms with E-state index in [-0.39, 0.29) is 23.9 Å². The number of fused-ring (bicyclic) bond motifs is 2. The van der Waals surface area contributed by atoms with Crippen molar-refractivity contribution >= 4 is 11.9 Å². The number of rotatable bonds is 3. The molecule has 2 aliphatic heterocycles. The van der Waals surface area contributed by atoms with Crippen LogP contribution >= 0.6 is 0 Å². The Balaban J connectivity index is 1.77. The van der Waals surface area contributed by atoms with Gasteiger partial charge in [0.25, 0.3) is 0 Å². The number of hydrogen-bond donors (Lipinski definition) is 2. The summed E-state index contributed by atoms with van der Waals surface area (Å²) in [6.07, 6.45) is 2.67. The second-order valence-corrected chi connectivity index (χ2v) is 5.87. The molecular weight excluding hydrogens is 258 g/mol. The molecular formula is C14H19N3O3. The van der Waals surface area contributed by atoms with Crippen molar-refractivity contribution in [3.05, 3.63) is 17.0 Å². The van der Waals surface area contributed by atoms with E-state index < -0.39 is 5.97 Å². The number of hydrogen-bond acceptors (Lipinski definition) is 3. The van der Waals surface area contributed by atoms with E-state index in [2.05, 4.69) is 10.2 Å². The average molecular weight is 277 g/mol. The molecule has 6 heteroatoms. The topological polar surface area (TPSA) is 86.3 Å². The highest BCUT2D eigenvalue weighted by Gasteiger charge is 2.51. The summed E-state index contributed by atoms with van der Waals surface area (Å²) < 4.78 is 0. The molecule has 2 aliphatic rings. The summed E-state index contributed by atoms with van der Waals surface area (Å²) in [7, 11) is 0. The maximum absolute atomic E-state index is 12.5. The number of nitrogens with zero attached hydrogens (tertiary/aromatic N) is 2. The second-order valence-electron chi connectivity index (χ2n) is 5.87. The van der Waals surface area contributed by atoms with Crippen molar-refractivity contribution in [2.75, 3.05) is 0 Å². The number of aromatic nitrogens is 2. The number of H-pyrrole nitrogens is 1. The molecule has 2 N–H and O–H groups in total. The van der Waals surface area contributed by atoms with Crippen LogP contribution in [0.1, 0.15) is 36.2 Å². The zero-order valence-electron chi connectivity index (χ0n) is 11.7. The van der Waals surface area contributed by atoms with Gasteiger partial charge in [-0.05, 0) is 33.1 Å². The summed E-state index contributed by atoms with van der Waals surface area (Å²) >= 11 is 0. The molecule has 0 aromatic carbocycles. The fourth-order valence-corrected chi connectivity index (χ4v) is 3.72.